The molecule has 28 heavy (non-hydrogen) atoms. The molecule has 9 heteroatoms. The molecule has 1 aliphatic rings. The highest BCUT2D eigenvalue weighted by Gasteiger charge is 2.50. The number of pyridine rings is 1. The molecule has 2 heterocycles. The molecule has 0 saturated carbocycles. The number of hydrazine groups is 1. The van der Waals surface area contributed by atoms with Gasteiger partial charge in [-0.1, -0.05) is 0 Å². The average molecular weight is 401 g/mol. The number of methoxy groups -OCH3 is 1. The van der Waals surface area contributed by atoms with Gasteiger partial charge in [0.05, 0.1) is 12.3 Å². The highest BCUT2D eigenvalue weighted by atomic mass is 19.4. The van der Waals surface area contributed by atoms with E-state index in [4.69, 9.17) is 9.47 Å². The average Bonchev–Trinajstić information content (AvgIpc) is 2.62. The summed E-state index contributed by atoms with van der Waals surface area (Å²) in [4.78, 5) is 3.76. The summed E-state index contributed by atoms with van der Waals surface area (Å²) in [7, 11) is 3.33. The number of nitrogens with one attached hydrogen (secondary N) is 1. The molecule has 2 rings (SSSR count). The lowest BCUT2D eigenvalue weighted by molar-refractivity contribution is -0.235. The van der Waals surface area contributed by atoms with Gasteiger partial charge in [0.2, 0.25) is 0 Å². The second kappa shape index (κ2) is 8.32. The van der Waals surface area contributed by atoms with Crippen molar-refractivity contribution < 1.29 is 27.0 Å². The molecule has 154 valence electrons. The summed E-state index contributed by atoms with van der Waals surface area (Å²) in [5.41, 5.74) is 3.22. The number of hydrogen-bond acceptors (Lipinski definition) is 5. The van der Waals surface area contributed by atoms with Crippen molar-refractivity contribution in [1.82, 2.24) is 15.4 Å². The van der Waals surface area contributed by atoms with Crippen LogP contribution < -0.4 is 10.2 Å². The highest BCUT2D eigenvalue weighted by molar-refractivity contribution is 5.77. The van der Waals surface area contributed by atoms with Crippen LogP contribution in [0.15, 0.2) is 41.9 Å². The molecule has 5 nitrogen and oxygen atoms in total. The minimum Gasteiger partial charge on any atom is -0.460 e. The normalized spacial score (nSPS) is 16.9. The minimum atomic E-state index is -4.66. The summed E-state index contributed by atoms with van der Waals surface area (Å²) < 4.78 is 63.2. The molecule has 0 fully saturated rings. The molecule has 1 aromatic rings. The van der Waals surface area contributed by atoms with Gasteiger partial charge in [-0.05, 0) is 50.1 Å². The van der Waals surface area contributed by atoms with Crippen molar-refractivity contribution in [3.63, 3.8) is 0 Å². The first-order chi connectivity index (χ1) is 13.0. The molecule has 1 aliphatic heterocycles. The van der Waals surface area contributed by atoms with Crippen molar-refractivity contribution in [2.24, 2.45) is 0 Å². The third-order valence-corrected chi connectivity index (χ3v) is 4.17. The Balaban J connectivity index is 2.35. The summed E-state index contributed by atoms with van der Waals surface area (Å²) in [5.74, 6) is -1.67. The summed E-state index contributed by atoms with van der Waals surface area (Å²) >= 11 is 0. The van der Waals surface area contributed by atoms with Gasteiger partial charge < -0.3 is 9.47 Å². The summed E-state index contributed by atoms with van der Waals surface area (Å²) in [5, 5.41) is 1.77. The van der Waals surface area contributed by atoms with Gasteiger partial charge in [-0.2, -0.15) is 13.2 Å². The predicted molar refractivity (Wildman–Crippen MR) is 97.5 cm³/mol. The van der Waals surface area contributed by atoms with Gasteiger partial charge in [-0.15, -0.1) is 0 Å². The number of nitrogens with zero attached hydrogens (tertiary/aromatic N) is 2. The minimum absolute atomic E-state index is 0.400. The summed E-state index contributed by atoms with van der Waals surface area (Å²) in [6.45, 7) is 3.93. The predicted octanol–water partition coefficient (Wildman–Crippen LogP) is 4.21. The second-order valence-corrected chi connectivity index (χ2v) is 6.73. The fraction of sp³-hybridized carbons (Fsp3) is 0.421. The van der Waals surface area contributed by atoms with Crippen LogP contribution in [0, 0.1) is 5.82 Å². The molecule has 0 aromatic carbocycles. The van der Waals surface area contributed by atoms with Crippen molar-refractivity contribution in [2.75, 3.05) is 20.8 Å². The first-order valence-electron chi connectivity index (χ1n) is 8.47. The molecule has 0 aliphatic carbocycles. The Morgan fingerprint density at radius 2 is 1.96 bits per heavy atom. The van der Waals surface area contributed by atoms with E-state index in [1.165, 1.54) is 6.20 Å². The lowest BCUT2D eigenvalue weighted by Crippen LogP contribution is -2.45. The van der Waals surface area contributed by atoms with E-state index in [1.807, 2.05) is 13.0 Å². The molecule has 0 unspecified atom stereocenters. The number of rotatable bonds is 6. The number of alkyl halides is 3. The first-order valence-corrected chi connectivity index (χ1v) is 8.47. The molecule has 0 radical (unpaired) electrons. The number of hydrogen-bond donors (Lipinski definition) is 1. The Labute approximate surface area is 161 Å². The van der Waals surface area contributed by atoms with Crippen molar-refractivity contribution >= 4 is 5.57 Å². The molecule has 0 bridgehead atoms. The van der Waals surface area contributed by atoms with E-state index in [1.54, 1.807) is 31.4 Å². The van der Waals surface area contributed by atoms with Gasteiger partial charge >= 0.3 is 6.18 Å². The smallest absolute Gasteiger partial charge is 0.427 e. The maximum Gasteiger partial charge on any atom is 0.427 e. The van der Waals surface area contributed by atoms with Crippen molar-refractivity contribution in [1.29, 1.82) is 0 Å². The summed E-state index contributed by atoms with van der Waals surface area (Å²) in [6, 6.07) is 1.10. The van der Waals surface area contributed by atoms with E-state index < -0.39 is 23.5 Å². The van der Waals surface area contributed by atoms with Crippen LogP contribution in [0.3, 0.4) is 0 Å². The van der Waals surface area contributed by atoms with Crippen LogP contribution >= 0.6 is 0 Å². The van der Waals surface area contributed by atoms with Crippen molar-refractivity contribution in [3.8, 4) is 5.88 Å². The topological polar surface area (TPSA) is 46.6 Å². The van der Waals surface area contributed by atoms with Gasteiger partial charge in [0.15, 0.2) is 11.4 Å². The van der Waals surface area contributed by atoms with Crippen LogP contribution in [0.1, 0.15) is 26.3 Å². The lowest BCUT2D eigenvalue weighted by Gasteiger charge is -2.28. The van der Waals surface area contributed by atoms with E-state index in [0.29, 0.717) is 17.7 Å². The quantitative estimate of drug-likeness (QED) is 0.724. The standard InChI is InChI=1S/C19H23F4N3O2/c1-12(11-27-5)16-9-13(6-7-26(16)24-4)14-8-15(20)17(25-10-14)28-18(2,3)19(21,22)23/h6-10,24H,11H2,1-5H3/b16-12+. The van der Waals surface area contributed by atoms with E-state index in [0.717, 1.165) is 31.2 Å². The number of ether oxygens (including phenoxy) is 2. The Morgan fingerprint density at radius 3 is 2.50 bits per heavy atom. The third-order valence-electron chi connectivity index (χ3n) is 4.17. The molecule has 0 saturated heterocycles. The maximum absolute atomic E-state index is 14.4. The molecule has 0 amide bonds. The number of allylic oxidation sites excluding steroid dienone is 3. The van der Waals surface area contributed by atoms with Gasteiger partial charge in [0, 0.05) is 32.1 Å². The highest BCUT2D eigenvalue weighted by Crippen LogP contribution is 2.35. The van der Waals surface area contributed by atoms with Crippen LogP contribution in [-0.4, -0.2) is 42.5 Å². The fourth-order valence-electron chi connectivity index (χ4n) is 2.45. The van der Waals surface area contributed by atoms with E-state index >= 15 is 0 Å². The lowest BCUT2D eigenvalue weighted by atomic mass is 10.0. The van der Waals surface area contributed by atoms with Gasteiger partial charge in [-0.25, -0.2) is 14.8 Å². The van der Waals surface area contributed by atoms with Crippen LogP contribution in [-0.2, 0) is 4.74 Å². The van der Waals surface area contributed by atoms with Crippen LogP contribution in [0.4, 0.5) is 17.6 Å². The maximum atomic E-state index is 14.4. The Hall–Kier alpha value is -2.39. The number of aromatic nitrogens is 1. The Kier molecular flexibility index (Phi) is 6.51. The van der Waals surface area contributed by atoms with Crippen LogP contribution in [0.5, 0.6) is 5.88 Å². The van der Waals surface area contributed by atoms with Gasteiger partial charge in [0.1, 0.15) is 0 Å². The molecular weight excluding hydrogens is 378 g/mol. The van der Waals surface area contributed by atoms with Crippen LogP contribution in [0.25, 0.3) is 5.57 Å². The van der Waals surface area contributed by atoms with Gasteiger partial charge in [-0.3, -0.25) is 5.01 Å². The number of halogens is 4. The molecule has 1 aromatic heterocycles. The largest absolute Gasteiger partial charge is 0.460 e. The van der Waals surface area contributed by atoms with E-state index in [2.05, 4.69) is 10.4 Å². The van der Waals surface area contributed by atoms with E-state index in [-0.39, 0.29) is 0 Å². The zero-order valence-corrected chi connectivity index (χ0v) is 16.3. The molecule has 1 N–H and O–H groups in total. The van der Waals surface area contributed by atoms with Crippen molar-refractivity contribution in [2.45, 2.75) is 32.5 Å². The van der Waals surface area contributed by atoms with Crippen LogP contribution in [0.2, 0.25) is 0 Å². The monoisotopic (exact) mass is 401 g/mol. The van der Waals surface area contributed by atoms with E-state index in [9.17, 15) is 17.6 Å². The first kappa shape index (κ1) is 21.9. The molecule has 0 atom stereocenters. The Morgan fingerprint density at radius 1 is 1.29 bits per heavy atom. The fourth-order valence-corrected chi connectivity index (χ4v) is 2.45. The zero-order valence-electron chi connectivity index (χ0n) is 16.3. The SMILES string of the molecule is CNN1C=CC(c2cnc(OC(C)(C)C(F)(F)F)c(F)c2)=C/C1=C(/C)COC. The second-order valence-electron chi connectivity index (χ2n) is 6.73. The third kappa shape index (κ3) is 4.71. The van der Waals surface area contributed by atoms with Crippen molar-refractivity contribution in [3.05, 3.63) is 53.3 Å². The Bertz CT molecular complexity index is 814. The zero-order chi connectivity index (χ0) is 21.1. The molecule has 0 spiro atoms. The molecular formula is C19H23F4N3O2. The van der Waals surface area contributed by atoms with Gasteiger partial charge in [0.25, 0.3) is 5.88 Å². The summed E-state index contributed by atoms with van der Waals surface area (Å²) in [6.07, 6.45) is 1.90.